The fourth-order valence-corrected chi connectivity index (χ4v) is 12.9. The van der Waals surface area contributed by atoms with Crippen molar-refractivity contribution in [2.45, 2.75) is 52.4 Å². The van der Waals surface area contributed by atoms with E-state index in [1.54, 1.807) is 0 Å². The highest BCUT2D eigenvalue weighted by Crippen LogP contribution is 2.68. The largest absolute Gasteiger partial charge is 0.279 e. The van der Waals surface area contributed by atoms with Crippen LogP contribution in [-0.2, 0) is 10.8 Å². The lowest BCUT2D eigenvalue weighted by Gasteiger charge is -2.32. The van der Waals surface area contributed by atoms with Crippen LogP contribution in [0.1, 0.15) is 70.0 Å². The van der Waals surface area contributed by atoms with Gasteiger partial charge in [0, 0.05) is 50.9 Å². The third-order valence-electron chi connectivity index (χ3n) is 15.7. The van der Waals surface area contributed by atoms with Crippen LogP contribution < -0.4 is 9.80 Å². The van der Waals surface area contributed by atoms with E-state index < -0.39 is 5.41 Å². The molecule has 3 aliphatic rings. The van der Waals surface area contributed by atoms with Crippen LogP contribution in [0.3, 0.4) is 0 Å². The van der Waals surface area contributed by atoms with E-state index in [4.69, 9.17) is 19.9 Å². The van der Waals surface area contributed by atoms with Crippen molar-refractivity contribution < 1.29 is 0 Å². The Labute approximate surface area is 420 Å². The number of para-hydroxylation sites is 2. The summed E-state index contributed by atoms with van der Waals surface area (Å²) in [5.41, 5.74) is 22.6. The molecule has 1 unspecified atom stereocenters. The zero-order valence-electron chi connectivity index (χ0n) is 41.2. The Kier molecular flexibility index (Phi) is 9.01. The van der Waals surface area contributed by atoms with Gasteiger partial charge < -0.3 is 0 Å². The van der Waals surface area contributed by atoms with Gasteiger partial charge in [0.15, 0.2) is 0 Å². The molecule has 1 atom stereocenters. The van der Waals surface area contributed by atoms with E-state index in [1.807, 2.05) is 39.8 Å². The predicted octanol–water partition coefficient (Wildman–Crippen LogP) is 16.4. The first-order chi connectivity index (χ1) is 35.1. The second-order valence-electron chi connectivity index (χ2n) is 20.4. The SMILES string of the molecule is Cc1cc(C)nc(N(c2ccccc2)c2ccc3c(c2)C(C)(C)c2ccc4c(c2-3)-c2ccc3cc(N(c5ccccc5)c5nc(C)cc(C)n5)ccc3c2C42c3ccccc3-c3c2ccc2ccccc32)n1. The highest BCUT2D eigenvalue weighted by Gasteiger charge is 2.55. The number of aryl methyl sites for hydroxylation is 4. The molecule has 344 valence electrons. The Balaban J connectivity index is 1.05. The molecule has 0 amide bonds. The van der Waals surface area contributed by atoms with Crippen LogP contribution in [0, 0.1) is 27.7 Å². The van der Waals surface area contributed by atoms with Crippen LogP contribution in [0.4, 0.5) is 34.6 Å². The van der Waals surface area contributed by atoms with Crippen LogP contribution in [0.15, 0.2) is 194 Å². The maximum Gasteiger partial charge on any atom is 0.235 e. The molecule has 1 spiro atoms. The van der Waals surface area contributed by atoms with Crippen LogP contribution in [-0.4, -0.2) is 19.9 Å². The van der Waals surface area contributed by atoms with Crippen LogP contribution in [0.25, 0.3) is 54.9 Å². The quantitative estimate of drug-likeness (QED) is 0.166. The Morgan fingerprint density at radius 3 is 1.51 bits per heavy atom. The lowest BCUT2D eigenvalue weighted by molar-refractivity contribution is 0.660. The molecule has 11 aromatic rings. The van der Waals surface area contributed by atoms with Crippen molar-refractivity contribution in [1.82, 2.24) is 19.9 Å². The predicted molar refractivity (Wildman–Crippen MR) is 295 cm³/mol. The number of benzene rings is 9. The van der Waals surface area contributed by atoms with Crippen molar-refractivity contribution in [3.05, 3.63) is 250 Å². The van der Waals surface area contributed by atoms with Gasteiger partial charge in [-0.3, -0.25) is 9.80 Å². The normalized spacial score (nSPS) is 15.2. The molecule has 72 heavy (non-hydrogen) atoms. The monoisotopic (exact) mass is 926 g/mol. The average Bonchev–Trinajstić information content (AvgIpc) is 3.95. The summed E-state index contributed by atoms with van der Waals surface area (Å²) in [7, 11) is 0. The van der Waals surface area contributed by atoms with Gasteiger partial charge in [0.05, 0.1) is 5.41 Å². The van der Waals surface area contributed by atoms with Gasteiger partial charge in [0.25, 0.3) is 0 Å². The van der Waals surface area contributed by atoms with Gasteiger partial charge in [-0.2, -0.15) is 0 Å². The molecule has 0 radical (unpaired) electrons. The van der Waals surface area contributed by atoms with Crippen molar-refractivity contribution in [2.75, 3.05) is 9.80 Å². The lowest BCUT2D eigenvalue weighted by Crippen LogP contribution is -2.26. The minimum absolute atomic E-state index is 0.318. The smallest absolute Gasteiger partial charge is 0.235 e. The van der Waals surface area contributed by atoms with Gasteiger partial charge in [0.1, 0.15) is 0 Å². The molecular weight excluding hydrogens is 877 g/mol. The summed E-state index contributed by atoms with van der Waals surface area (Å²) < 4.78 is 0. The van der Waals surface area contributed by atoms with Gasteiger partial charge in [0.2, 0.25) is 11.9 Å². The summed E-state index contributed by atoms with van der Waals surface area (Å²) in [4.78, 5) is 24.4. The summed E-state index contributed by atoms with van der Waals surface area (Å²) in [6, 6.07) is 71.7. The Hall–Kier alpha value is -8.74. The molecule has 0 saturated heterocycles. The van der Waals surface area contributed by atoms with E-state index >= 15 is 0 Å². The van der Waals surface area contributed by atoms with E-state index in [-0.39, 0.29) is 5.41 Å². The van der Waals surface area contributed by atoms with Gasteiger partial charge in [-0.25, -0.2) is 19.9 Å². The maximum atomic E-state index is 5.01. The van der Waals surface area contributed by atoms with Crippen LogP contribution in [0.2, 0.25) is 0 Å². The molecule has 2 heterocycles. The molecule has 6 heteroatoms. The highest BCUT2D eigenvalue weighted by molar-refractivity contribution is 6.12. The number of nitrogens with zero attached hydrogens (tertiary/aromatic N) is 6. The summed E-state index contributed by atoms with van der Waals surface area (Å²) >= 11 is 0. The number of hydrogen-bond acceptors (Lipinski definition) is 6. The molecule has 0 bridgehead atoms. The van der Waals surface area contributed by atoms with E-state index in [2.05, 4.69) is 206 Å². The van der Waals surface area contributed by atoms with Crippen molar-refractivity contribution >= 4 is 56.2 Å². The topological polar surface area (TPSA) is 58.0 Å². The third-order valence-corrected chi connectivity index (χ3v) is 15.7. The van der Waals surface area contributed by atoms with E-state index in [1.165, 1.54) is 82.9 Å². The van der Waals surface area contributed by atoms with Gasteiger partial charge >= 0.3 is 0 Å². The highest BCUT2D eigenvalue weighted by atomic mass is 15.3. The molecule has 0 fully saturated rings. The molecule has 9 aromatic carbocycles. The second-order valence-corrected chi connectivity index (χ2v) is 20.4. The van der Waals surface area contributed by atoms with Crippen molar-refractivity contribution in [3.8, 4) is 33.4 Å². The van der Waals surface area contributed by atoms with Crippen LogP contribution in [0.5, 0.6) is 0 Å². The summed E-state index contributed by atoms with van der Waals surface area (Å²) in [6.07, 6.45) is 0. The summed E-state index contributed by atoms with van der Waals surface area (Å²) in [5, 5.41) is 4.91. The molecule has 6 nitrogen and oxygen atoms in total. The minimum Gasteiger partial charge on any atom is -0.279 e. The zero-order chi connectivity index (χ0) is 48.6. The van der Waals surface area contributed by atoms with Crippen LogP contribution >= 0.6 is 0 Å². The fourth-order valence-electron chi connectivity index (χ4n) is 12.9. The first-order valence-corrected chi connectivity index (χ1v) is 25.0. The average molecular weight is 927 g/mol. The minimum atomic E-state index is -0.607. The number of rotatable bonds is 6. The second kappa shape index (κ2) is 15.4. The molecule has 14 rings (SSSR count). The number of aromatic nitrogens is 4. The number of anilines is 6. The zero-order valence-corrected chi connectivity index (χ0v) is 41.2. The molecule has 0 N–H and O–H groups in total. The fraction of sp³-hybridized carbons (Fsp3) is 0.121. The molecule has 3 aliphatic carbocycles. The van der Waals surface area contributed by atoms with Gasteiger partial charge in [-0.05, 0) is 177 Å². The molecule has 0 aliphatic heterocycles. The van der Waals surface area contributed by atoms with Crippen molar-refractivity contribution in [2.24, 2.45) is 0 Å². The standard InChI is InChI=1S/C66H50N6/c1-39-35-40(2)68-63(67-39)71(45-18-9-7-10-19-45)47-27-30-50-44(37-47)25-29-53-61-57(66(62(50)53)54-24-16-15-23-51(54)59-49-22-14-13-17-43(49)26-32-56(59)66)34-33-55-60(61)52-31-28-48(38-58(52)65(55,5)6)72(46-20-11-8-12-21-46)64-69-41(3)36-42(4)70-64/h7-38H,1-6H3. The lowest BCUT2D eigenvalue weighted by atomic mass is 9.69. The Bertz CT molecular complexity index is 4040. The first kappa shape index (κ1) is 42.2. The number of hydrogen-bond donors (Lipinski definition) is 0. The Morgan fingerprint density at radius 2 is 0.833 bits per heavy atom. The maximum absolute atomic E-state index is 5.01. The third kappa shape index (κ3) is 5.89. The molecule has 0 saturated carbocycles. The van der Waals surface area contributed by atoms with E-state index in [0.29, 0.717) is 11.9 Å². The van der Waals surface area contributed by atoms with Gasteiger partial charge in [-0.15, -0.1) is 0 Å². The summed E-state index contributed by atoms with van der Waals surface area (Å²) in [5.74, 6) is 1.32. The number of fused-ring (bicyclic) bond motifs is 18. The van der Waals surface area contributed by atoms with Crippen molar-refractivity contribution in [1.29, 1.82) is 0 Å². The van der Waals surface area contributed by atoms with Crippen molar-refractivity contribution in [3.63, 3.8) is 0 Å². The molecule has 2 aromatic heterocycles. The first-order valence-electron chi connectivity index (χ1n) is 25.0. The Morgan fingerprint density at radius 1 is 0.333 bits per heavy atom. The molecular formula is C66H50N6. The van der Waals surface area contributed by atoms with E-state index in [0.717, 1.165) is 50.9 Å². The summed E-state index contributed by atoms with van der Waals surface area (Å²) in [6.45, 7) is 13.0. The van der Waals surface area contributed by atoms with E-state index in [9.17, 15) is 0 Å². The van der Waals surface area contributed by atoms with Gasteiger partial charge in [-0.1, -0.05) is 147 Å².